The van der Waals surface area contributed by atoms with Crippen molar-refractivity contribution in [2.24, 2.45) is 5.73 Å². The number of halogens is 1. The molecule has 2 bridgehead atoms. The monoisotopic (exact) mass is 403 g/mol. The van der Waals surface area contributed by atoms with E-state index in [0.29, 0.717) is 12.1 Å². The molecule has 0 saturated carbocycles. The second-order valence-electron chi connectivity index (χ2n) is 8.03. The average molecular weight is 404 g/mol. The zero-order valence-electron chi connectivity index (χ0n) is 16.0. The quantitative estimate of drug-likeness (QED) is 0.655. The van der Waals surface area contributed by atoms with E-state index in [1.807, 2.05) is 18.2 Å². The van der Waals surface area contributed by atoms with Gasteiger partial charge in [-0.2, -0.15) is 16.6 Å². The van der Waals surface area contributed by atoms with E-state index in [0.717, 1.165) is 35.2 Å². The third kappa shape index (κ3) is 3.18. The Balaban J connectivity index is 1.61. The minimum absolute atomic E-state index is 0.0737. The molecule has 5 rings (SSSR count). The minimum atomic E-state index is -0.477. The predicted molar refractivity (Wildman–Crippen MR) is 115 cm³/mol. The van der Waals surface area contributed by atoms with Crippen LogP contribution in [0.2, 0.25) is 0 Å². The fourth-order valence-corrected chi connectivity index (χ4v) is 5.73. The predicted octanol–water partition coefficient (Wildman–Crippen LogP) is 5.16. The molecule has 29 heavy (non-hydrogen) atoms. The van der Waals surface area contributed by atoms with Gasteiger partial charge in [-0.15, -0.1) is 0 Å². The lowest BCUT2D eigenvalue weighted by Crippen LogP contribution is -2.36. The molecule has 146 valence electrons. The van der Waals surface area contributed by atoms with Crippen molar-refractivity contribution in [1.29, 1.82) is 5.26 Å². The Hall–Kier alpha value is -2.52. The van der Waals surface area contributed by atoms with Crippen molar-refractivity contribution in [2.75, 3.05) is 0 Å². The lowest BCUT2D eigenvalue weighted by molar-refractivity contribution is 0.239. The Kier molecular flexibility index (Phi) is 4.71. The van der Waals surface area contributed by atoms with Gasteiger partial charge < -0.3 is 5.73 Å². The smallest absolute Gasteiger partial charge is 0.141 e. The number of nitrogens with two attached hydrogens (primary N) is 1. The van der Waals surface area contributed by atoms with Crippen molar-refractivity contribution in [3.63, 3.8) is 0 Å². The summed E-state index contributed by atoms with van der Waals surface area (Å²) in [6.07, 6.45) is 3.49. The van der Waals surface area contributed by atoms with Crippen molar-refractivity contribution in [2.45, 2.75) is 43.9 Å². The molecule has 2 aliphatic rings. The van der Waals surface area contributed by atoms with Gasteiger partial charge in [-0.25, -0.2) is 4.39 Å². The van der Waals surface area contributed by atoms with Crippen LogP contribution in [0.15, 0.2) is 53.2 Å². The van der Waals surface area contributed by atoms with Crippen LogP contribution in [0.25, 0.3) is 22.3 Å². The molecule has 0 amide bonds. The highest BCUT2D eigenvalue weighted by atomic mass is 32.1. The first-order valence-electron chi connectivity index (χ1n) is 10.0. The van der Waals surface area contributed by atoms with Crippen molar-refractivity contribution < 1.29 is 4.39 Å². The van der Waals surface area contributed by atoms with Gasteiger partial charge in [-0.1, -0.05) is 24.3 Å². The van der Waals surface area contributed by atoms with Crippen LogP contribution >= 0.6 is 11.3 Å². The molecule has 2 aromatic carbocycles. The van der Waals surface area contributed by atoms with Crippen LogP contribution in [0.3, 0.4) is 0 Å². The molecule has 0 aliphatic carbocycles. The molecule has 0 spiro atoms. The Labute approximate surface area is 174 Å². The summed E-state index contributed by atoms with van der Waals surface area (Å²) in [4.78, 5) is 2.57. The molecule has 1 aromatic heterocycles. The summed E-state index contributed by atoms with van der Waals surface area (Å²) in [5.74, 6) is -0.477. The minimum Gasteiger partial charge on any atom is -0.326 e. The van der Waals surface area contributed by atoms with Crippen LogP contribution in [0, 0.1) is 17.1 Å². The van der Waals surface area contributed by atoms with Crippen LogP contribution < -0.4 is 5.73 Å². The third-order valence-electron chi connectivity index (χ3n) is 6.44. The number of fused-ring (bicyclic) bond motifs is 2. The molecular weight excluding hydrogens is 381 g/mol. The molecule has 3 atom stereocenters. The van der Waals surface area contributed by atoms with Crippen LogP contribution in [-0.4, -0.2) is 23.0 Å². The summed E-state index contributed by atoms with van der Waals surface area (Å²) in [6.45, 7) is 0.862. The van der Waals surface area contributed by atoms with Gasteiger partial charge in [0.05, 0.1) is 5.56 Å². The van der Waals surface area contributed by atoms with Crippen molar-refractivity contribution in [3.05, 3.63) is 70.2 Å². The highest BCUT2D eigenvalue weighted by molar-refractivity contribution is 7.08. The maximum atomic E-state index is 14.3. The largest absolute Gasteiger partial charge is 0.326 e. The Bertz CT molecular complexity index is 1090. The first kappa shape index (κ1) is 18.5. The van der Waals surface area contributed by atoms with E-state index in [2.05, 4.69) is 33.9 Å². The van der Waals surface area contributed by atoms with E-state index in [4.69, 9.17) is 11.0 Å². The van der Waals surface area contributed by atoms with E-state index < -0.39 is 5.82 Å². The molecule has 5 heteroatoms. The van der Waals surface area contributed by atoms with Crippen LogP contribution in [-0.2, 0) is 6.54 Å². The zero-order valence-corrected chi connectivity index (χ0v) is 16.8. The fourth-order valence-electron chi connectivity index (χ4n) is 5.09. The summed E-state index contributed by atoms with van der Waals surface area (Å²) in [6, 6.07) is 16.5. The molecule has 3 aromatic rings. The highest BCUT2D eigenvalue weighted by Crippen LogP contribution is 2.41. The standard InChI is InChI=1S/C24H22FN3S/c25-21-10-15(4-5-16(21)12-26)20-3-1-2-17(24(20)18-8-9-29-14-18)13-28-19-6-7-23(28)22(27)11-19/h1-5,8-10,14,19,22-23H,6-7,11,13,27H2/t19-,22+,23+/m1/s1. The maximum Gasteiger partial charge on any atom is 0.141 e. The van der Waals surface area contributed by atoms with E-state index in [-0.39, 0.29) is 11.6 Å². The molecular formula is C24H22FN3S. The van der Waals surface area contributed by atoms with Gasteiger partial charge in [0.15, 0.2) is 0 Å². The maximum absolute atomic E-state index is 14.3. The summed E-state index contributed by atoms with van der Waals surface area (Å²) in [7, 11) is 0. The number of thiophene rings is 1. The number of nitrogens with zero attached hydrogens (tertiary/aromatic N) is 2. The van der Waals surface area contributed by atoms with Gasteiger partial charge in [0, 0.05) is 24.7 Å². The second-order valence-corrected chi connectivity index (χ2v) is 8.81. The van der Waals surface area contributed by atoms with Crippen LogP contribution in [0.1, 0.15) is 30.4 Å². The van der Waals surface area contributed by atoms with E-state index in [1.54, 1.807) is 17.4 Å². The molecule has 2 fully saturated rings. The normalized spacial score (nSPS) is 23.4. The second kappa shape index (κ2) is 7.38. The highest BCUT2D eigenvalue weighted by Gasteiger charge is 2.44. The van der Waals surface area contributed by atoms with Gasteiger partial charge in [-0.05, 0) is 76.0 Å². The zero-order chi connectivity index (χ0) is 20.0. The number of nitriles is 1. The first-order chi connectivity index (χ1) is 14.2. The SMILES string of the molecule is N#Cc1ccc(-c2cccc(CN3[C@@H]4CC[C@H]3[C@@H](N)C4)c2-c2ccsc2)cc1F. The van der Waals surface area contributed by atoms with Gasteiger partial charge in [0.1, 0.15) is 11.9 Å². The topological polar surface area (TPSA) is 53.0 Å². The molecule has 3 nitrogen and oxygen atoms in total. The van der Waals surface area contributed by atoms with Crippen LogP contribution in [0.5, 0.6) is 0 Å². The number of hydrogen-bond acceptors (Lipinski definition) is 4. The number of hydrogen-bond donors (Lipinski definition) is 1. The van der Waals surface area contributed by atoms with Crippen LogP contribution in [0.4, 0.5) is 4.39 Å². The van der Waals surface area contributed by atoms with Crippen molar-refractivity contribution in [1.82, 2.24) is 4.90 Å². The third-order valence-corrected chi connectivity index (χ3v) is 7.13. The Morgan fingerprint density at radius 2 is 2.07 bits per heavy atom. The van der Waals surface area contributed by atoms with E-state index in [9.17, 15) is 4.39 Å². The fraction of sp³-hybridized carbons (Fsp3) is 0.292. The molecule has 0 radical (unpaired) electrons. The molecule has 2 aliphatic heterocycles. The summed E-state index contributed by atoms with van der Waals surface area (Å²) in [5.41, 5.74) is 11.8. The lowest BCUT2D eigenvalue weighted by atomic mass is 9.91. The summed E-state index contributed by atoms with van der Waals surface area (Å²) < 4.78 is 14.3. The van der Waals surface area contributed by atoms with Crippen molar-refractivity contribution >= 4 is 11.3 Å². The van der Waals surface area contributed by atoms with Gasteiger partial charge in [0.25, 0.3) is 0 Å². The van der Waals surface area contributed by atoms with E-state index >= 15 is 0 Å². The van der Waals surface area contributed by atoms with E-state index in [1.165, 1.54) is 24.5 Å². The number of benzene rings is 2. The average Bonchev–Trinajstić information content (AvgIpc) is 3.45. The van der Waals surface area contributed by atoms with Crippen molar-refractivity contribution in [3.8, 4) is 28.3 Å². The lowest BCUT2D eigenvalue weighted by Gasteiger charge is -2.25. The Morgan fingerprint density at radius 1 is 1.17 bits per heavy atom. The summed E-state index contributed by atoms with van der Waals surface area (Å²) in [5, 5.41) is 13.3. The van der Waals surface area contributed by atoms with Gasteiger partial charge in [-0.3, -0.25) is 4.90 Å². The van der Waals surface area contributed by atoms with Gasteiger partial charge >= 0.3 is 0 Å². The Morgan fingerprint density at radius 3 is 2.72 bits per heavy atom. The molecule has 2 saturated heterocycles. The summed E-state index contributed by atoms with van der Waals surface area (Å²) >= 11 is 1.66. The van der Waals surface area contributed by atoms with Gasteiger partial charge in [0.2, 0.25) is 0 Å². The molecule has 2 N–H and O–H groups in total. The molecule has 3 heterocycles. The number of rotatable bonds is 4. The molecule has 0 unspecified atom stereocenters. The first-order valence-corrected chi connectivity index (χ1v) is 11.0.